The zero-order chi connectivity index (χ0) is 11.5. The normalized spacial score (nSPS) is 12.2. The average Bonchev–Trinajstić information content (AvgIpc) is 2.21. The van der Waals surface area contributed by atoms with Gasteiger partial charge in [0, 0.05) is 38.8 Å². The number of carbonyl (C=O) groups is 1. The van der Waals surface area contributed by atoms with E-state index < -0.39 is 5.91 Å². The van der Waals surface area contributed by atoms with Crippen LogP contribution in [-0.4, -0.2) is 5.91 Å². The molecule has 2 nitrogen and oxygen atoms in total. The van der Waals surface area contributed by atoms with E-state index >= 15 is 0 Å². The minimum absolute atomic E-state index is 0. The standard InChI is InChI=1S/C13H16NO.Y/c1-3-5-9-12(4-2)10-7-6-8-11-13(14)15;/h3,5-9,11H,1,10H2,2H3,(H2,14,15);/q-1;/b7-6-,9-5-,11-8-;. The van der Waals surface area contributed by atoms with Crippen LogP contribution >= 0.6 is 0 Å². The van der Waals surface area contributed by atoms with E-state index in [-0.39, 0.29) is 32.7 Å². The number of hydrogen-bond acceptors (Lipinski definition) is 1. The number of carbonyl (C=O) groups excluding carboxylic acids is 1. The van der Waals surface area contributed by atoms with E-state index in [0.29, 0.717) is 0 Å². The molecule has 1 amide bonds. The Labute approximate surface area is 123 Å². The van der Waals surface area contributed by atoms with Gasteiger partial charge in [0.25, 0.3) is 0 Å². The minimum Gasteiger partial charge on any atom is -0.366 e. The van der Waals surface area contributed by atoms with Crippen molar-refractivity contribution >= 4 is 5.91 Å². The fraction of sp³-hybridized carbons (Fsp3) is 0.154. The van der Waals surface area contributed by atoms with Gasteiger partial charge in [0.2, 0.25) is 5.91 Å². The second-order valence-corrected chi connectivity index (χ2v) is 2.76. The number of amides is 1. The van der Waals surface area contributed by atoms with Crippen LogP contribution in [0.25, 0.3) is 0 Å². The largest absolute Gasteiger partial charge is 0.366 e. The molecule has 1 radical (unpaired) electrons. The zero-order valence-electron chi connectivity index (χ0n) is 9.52. The summed E-state index contributed by atoms with van der Waals surface area (Å²) >= 11 is 0. The van der Waals surface area contributed by atoms with Gasteiger partial charge < -0.3 is 5.73 Å². The fourth-order valence-electron chi connectivity index (χ4n) is 0.862. The van der Waals surface area contributed by atoms with E-state index in [1.807, 2.05) is 25.2 Å². The number of nitrogens with two attached hydrogens (primary N) is 1. The van der Waals surface area contributed by atoms with Gasteiger partial charge in [0.15, 0.2) is 0 Å². The van der Waals surface area contributed by atoms with E-state index in [2.05, 4.69) is 12.7 Å². The SMILES string of the molecule is C=C/C=C\C(=[C-]C)C/C=C\C=C/C(N)=O.[Y]. The molecule has 0 fully saturated rings. The first-order valence-corrected chi connectivity index (χ1v) is 4.66. The Kier molecular flexibility index (Phi) is 13.6. The molecule has 0 aromatic rings. The molecule has 0 saturated heterocycles. The van der Waals surface area contributed by atoms with Gasteiger partial charge in [-0.05, 0) is 6.42 Å². The Balaban J connectivity index is 0. The third-order valence-electron chi connectivity index (χ3n) is 1.60. The molecule has 16 heavy (non-hydrogen) atoms. The summed E-state index contributed by atoms with van der Waals surface area (Å²) in [6.07, 6.45) is 16.0. The molecule has 3 heteroatoms. The van der Waals surface area contributed by atoms with Gasteiger partial charge in [0.05, 0.1) is 0 Å². The molecular weight excluding hydrogens is 275 g/mol. The van der Waals surface area contributed by atoms with Crippen LogP contribution in [0.5, 0.6) is 0 Å². The summed E-state index contributed by atoms with van der Waals surface area (Å²) in [5, 5.41) is 0. The van der Waals surface area contributed by atoms with E-state index in [1.54, 1.807) is 18.2 Å². The summed E-state index contributed by atoms with van der Waals surface area (Å²) in [6.45, 7) is 5.44. The van der Waals surface area contributed by atoms with Crippen molar-refractivity contribution in [1.82, 2.24) is 0 Å². The van der Waals surface area contributed by atoms with Gasteiger partial charge in [-0.15, -0.1) is 19.6 Å². The van der Waals surface area contributed by atoms with Gasteiger partial charge in [-0.25, -0.2) is 11.6 Å². The predicted molar refractivity (Wildman–Crippen MR) is 63.9 cm³/mol. The summed E-state index contributed by atoms with van der Waals surface area (Å²) in [5.74, 6) is -0.441. The molecule has 0 unspecified atom stereocenters. The summed E-state index contributed by atoms with van der Waals surface area (Å²) < 4.78 is 0. The van der Waals surface area contributed by atoms with Gasteiger partial charge in [0.1, 0.15) is 0 Å². The Bertz CT molecular complexity index is 325. The topological polar surface area (TPSA) is 43.1 Å². The first kappa shape index (κ1) is 17.7. The molecule has 0 bridgehead atoms. The number of primary amides is 1. The molecule has 0 saturated carbocycles. The van der Waals surface area contributed by atoms with Gasteiger partial charge in [-0.1, -0.05) is 24.3 Å². The van der Waals surface area contributed by atoms with Crippen molar-refractivity contribution in [3.05, 3.63) is 60.8 Å². The first-order valence-electron chi connectivity index (χ1n) is 4.66. The molecule has 0 aromatic heterocycles. The first-order chi connectivity index (χ1) is 7.20. The van der Waals surface area contributed by atoms with Crippen LogP contribution in [0.1, 0.15) is 13.3 Å². The Morgan fingerprint density at radius 3 is 2.50 bits per heavy atom. The van der Waals surface area contributed by atoms with Crippen LogP contribution in [0.2, 0.25) is 0 Å². The van der Waals surface area contributed by atoms with Gasteiger partial charge in [-0.3, -0.25) is 10.9 Å². The molecule has 0 aliphatic rings. The molecule has 0 rings (SSSR count). The van der Waals surface area contributed by atoms with Gasteiger partial charge in [-0.2, -0.15) is 0 Å². The third-order valence-corrected chi connectivity index (χ3v) is 1.60. The van der Waals surface area contributed by atoms with E-state index in [9.17, 15) is 4.79 Å². The second kappa shape index (κ2) is 12.3. The number of rotatable bonds is 6. The van der Waals surface area contributed by atoms with Crippen molar-refractivity contribution in [1.29, 1.82) is 0 Å². The maximum Gasteiger partial charge on any atom is 0.241 e. The van der Waals surface area contributed by atoms with Crippen LogP contribution in [0.4, 0.5) is 0 Å². The minimum atomic E-state index is -0.441. The van der Waals surface area contributed by atoms with Crippen LogP contribution in [-0.2, 0) is 37.5 Å². The summed E-state index contributed by atoms with van der Waals surface area (Å²) in [7, 11) is 0. The van der Waals surface area contributed by atoms with Crippen molar-refractivity contribution in [2.24, 2.45) is 5.73 Å². The Morgan fingerprint density at radius 1 is 1.31 bits per heavy atom. The van der Waals surface area contributed by atoms with E-state index in [4.69, 9.17) is 5.73 Å². The number of hydrogen-bond donors (Lipinski definition) is 1. The van der Waals surface area contributed by atoms with Gasteiger partial charge >= 0.3 is 0 Å². The van der Waals surface area contributed by atoms with Crippen LogP contribution in [0.3, 0.4) is 0 Å². The molecule has 0 aromatic carbocycles. The second-order valence-electron chi connectivity index (χ2n) is 2.76. The van der Waals surface area contributed by atoms with Crippen LogP contribution < -0.4 is 5.73 Å². The quantitative estimate of drug-likeness (QED) is 0.456. The van der Waals surface area contributed by atoms with Crippen molar-refractivity contribution < 1.29 is 37.5 Å². The smallest absolute Gasteiger partial charge is 0.241 e. The van der Waals surface area contributed by atoms with Crippen molar-refractivity contribution in [2.75, 3.05) is 0 Å². The summed E-state index contributed by atoms with van der Waals surface area (Å²) in [5.41, 5.74) is 6.00. The fourth-order valence-corrected chi connectivity index (χ4v) is 0.862. The molecular formula is C13H16NOY-. The Morgan fingerprint density at radius 2 is 2.00 bits per heavy atom. The molecule has 0 heterocycles. The van der Waals surface area contributed by atoms with Crippen molar-refractivity contribution in [2.45, 2.75) is 13.3 Å². The molecule has 0 aliphatic carbocycles. The molecule has 0 atom stereocenters. The monoisotopic (exact) mass is 291 g/mol. The molecule has 0 aliphatic heterocycles. The molecule has 2 N–H and O–H groups in total. The summed E-state index contributed by atoms with van der Waals surface area (Å²) in [4.78, 5) is 10.4. The van der Waals surface area contributed by atoms with Crippen molar-refractivity contribution in [3.8, 4) is 0 Å². The van der Waals surface area contributed by atoms with Crippen LogP contribution in [0, 0.1) is 6.08 Å². The molecule has 83 valence electrons. The maximum absolute atomic E-state index is 10.4. The maximum atomic E-state index is 10.4. The average molecular weight is 291 g/mol. The Hall–Kier alpha value is -0.726. The zero-order valence-corrected chi connectivity index (χ0v) is 12.4. The molecule has 0 spiro atoms. The number of allylic oxidation sites excluding steroid dienone is 8. The van der Waals surface area contributed by atoms with E-state index in [1.165, 1.54) is 6.08 Å². The van der Waals surface area contributed by atoms with E-state index in [0.717, 1.165) is 12.0 Å². The predicted octanol–water partition coefficient (Wildman–Crippen LogP) is 2.46. The summed E-state index contributed by atoms with van der Waals surface area (Å²) in [6, 6.07) is 0. The van der Waals surface area contributed by atoms with Crippen LogP contribution in [0.15, 0.2) is 54.7 Å². The third kappa shape index (κ3) is 11.3. The van der Waals surface area contributed by atoms with Crippen molar-refractivity contribution in [3.63, 3.8) is 0 Å².